The lowest BCUT2D eigenvalue weighted by atomic mass is 9.97. The highest BCUT2D eigenvalue weighted by Crippen LogP contribution is 2.36. The zero-order valence-corrected chi connectivity index (χ0v) is 8.75. The molecule has 0 spiro atoms. The molecule has 3 N–H and O–H groups in total. The molecule has 2 rings (SSSR count). The van der Waals surface area contributed by atoms with E-state index in [9.17, 15) is 0 Å². The van der Waals surface area contributed by atoms with Gasteiger partial charge < -0.3 is 11.1 Å². The van der Waals surface area contributed by atoms with Crippen molar-refractivity contribution in [1.82, 2.24) is 20.1 Å². The molecule has 0 radical (unpaired) electrons. The van der Waals surface area contributed by atoms with E-state index in [1.54, 1.807) is 4.68 Å². The number of nitrogen functional groups attached to an aromatic ring is 1. The molecule has 1 fully saturated rings. The van der Waals surface area contributed by atoms with Crippen molar-refractivity contribution in [3.8, 4) is 0 Å². The van der Waals surface area contributed by atoms with E-state index in [2.05, 4.69) is 15.4 Å². The van der Waals surface area contributed by atoms with Crippen molar-refractivity contribution in [2.75, 3.05) is 12.8 Å². The Labute approximate surface area is 83.7 Å². The lowest BCUT2D eigenvalue weighted by Gasteiger charge is -2.24. The van der Waals surface area contributed by atoms with Crippen LogP contribution in [0.15, 0.2) is 0 Å². The summed E-state index contributed by atoms with van der Waals surface area (Å²) in [5, 5.41) is 7.69. The normalized spacial score (nSPS) is 20.1. The summed E-state index contributed by atoms with van der Waals surface area (Å²) in [6, 6.07) is 0. The number of anilines is 1. The summed E-state index contributed by atoms with van der Waals surface area (Å²) in [6.45, 7) is 0. The molecule has 1 aromatic rings. The van der Waals surface area contributed by atoms with Crippen LogP contribution in [0.2, 0.25) is 0 Å². The van der Waals surface area contributed by atoms with Gasteiger partial charge in [-0.25, -0.2) is 4.68 Å². The molecule has 78 valence electrons. The molecule has 5 heteroatoms. The monoisotopic (exact) mass is 195 g/mol. The number of nitrogens with one attached hydrogen (secondary N) is 1. The summed E-state index contributed by atoms with van der Waals surface area (Å²) in [6.07, 6.45) is 4.68. The summed E-state index contributed by atoms with van der Waals surface area (Å²) in [4.78, 5) is 4.30. The fraction of sp³-hybridized carbons (Fsp3) is 0.778. The molecular formula is C9H17N5. The Bertz CT molecular complexity index is 304. The molecule has 0 unspecified atom stereocenters. The molecule has 1 aliphatic carbocycles. The zero-order chi connectivity index (χ0) is 10.2. The van der Waals surface area contributed by atoms with Crippen molar-refractivity contribution in [2.24, 2.45) is 7.05 Å². The van der Waals surface area contributed by atoms with Gasteiger partial charge >= 0.3 is 0 Å². The van der Waals surface area contributed by atoms with Gasteiger partial charge in [0.25, 0.3) is 0 Å². The third-order valence-electron chi connectivity index (χ3n) is 3.16. The maximum atomic E-state index is 5.68. The van der Waals surface area contributed by atoms with Crippen LogP contribution in [0.4, 0.5) is 5.95 Å². The van der Waals surface area contributed by atoms with Crippen molar-refractivity contribution >= 4 is 5.95 Å². The predicted octanol–water partition coefficient (Wildman–Crippen LogP) is 0.386. The molecule has 5 nitrogen and oxygen atoms in total. The molecular weight excluding hydrogens is 178 g/mol. The molecule has 0 amide bonds. The van der Waals surface area contributed by atoms with Crippen LogP contribution in [0.3, 0.4) is 0 Å². The van der Waals surface area contributed by atoms with Gasteiger partial charge in [0, 0.05) is 7.05 Å². The second-order valence-electron chi connectivity index (χ2n) is 3.96. The largest absolute Gasteiger partial charge is 0.368 e. The zero-order valence-electron chi connectivity index (χ0n) is 8.75. The Morgan fingerprint density at radius 3 is 2.50 bits per heavy atom. The minimum atomic E-state index is -0.0324. The third-order valence-corrected chi connectivity index (χ3v) is 3.16. The summed E-state index contributed by atoms with van der Waals surface area (Å²) in [7, 11) is 3.79. The van der Waals surface area contributed by atoms with Crippen LogP contribution >= 0.6 is 0 Å². The number of hydrogen-bond acceptors (Lipinski definition) is 4. The van der Waals surface area contributed by atoms with Crippen LogP contribution in [0.1, 0.15) is 31.5 Å². The van der Waals surface area contributed by atoms with Crippen molar-refractivity contribution in [2.45, 2.75) is 31.2 Å². The first-order chi connectivity index (χ1) is 6.68. The summed E-state index contributed by atoms with van der Waals surface area (Å²) < 4.78 is 1.63. The number of aromatic nitrogens is 3. The molecule has 1 saturated carbocycles. The summed E-state index contributed by atoms with van der Waals surface area (Å²) >= 11 is 0. The van der Waals surface area contributed by atoms with Gasteiger partial charge in [-0.2, -0.15) is 10.1 Å². The Morgan fingerprint density at radius 1 is 1.43 bits per heavy atom. The Hall–Kier alpha value is -1.10. The molecule has 0 atom stereocenters. The van der Waals surface area contributed by atoms with Gasteiger partial charge in [0.05, 0.1) is 5.54 Å². The summed E-state index contributed by atoms with van der Waals surface area (Å²) in [5.74, 6) is 1.33. The Balaban J connectivity index is 2.36. The lowest BCUT2D eigenvalue weighted by Crippen LogP contribution is -2.38. The molecule has 0 aliphatic heterocycles. The standard InChI is InChI=1S/C9H17N5/c1-11-9(5-3-4-6-9)7-12-8(10)14(2)13-7/h11H,3-6H2,1-2H3,(H2,10,12,13). The van der Waals surface area contributed by atoms with E-state index in [1.807, 2.05) is 14.1 Å². The molecule has 1 aromatic heterocycles. The van der Waals surface area contributed by atoms with Crippen LogP contribution in [0.25, 0.3) is 0 Å². The Morgan fingerprint density at radius 2 is 2.07 bits per heavy atom. The number of nitrogens with two attached hydrogens (primary N) is 1. The van der Waals surface area contributed by atoms with Crippen molar-refractivity contribution in [1.29, 1.82) is 0 Å². The van der Waals surface area contributed by atoms with Crippen LogP contribution < -0.4 is 11.1 Å². The molecule has 14 heavy (non-hydrogen) atoms. The molecule has 1 aliphatic rings. The fourth-order valence-electron chi connectivity index (χ4n) is 2.16. The van der Waals surface area contributed by atoms with Gasteiger partial charge in [-0.15, -0.1) is 0 Å². The average Bonchev–Trinajstić information content (AvgIpc) is 2.75. The maximum absolute atomic E-state index is 5.68. The van der Waals surface area contributed by atoms with Gasteiger partial charge in [-0.1, -0.05) is 12.8 Å². The quantitative estimate of drug-likeness (QED) is 0.716. The second kappa shape index (κ2) is 3.24. The van der Waals surface area contributed by atoms with E-state index < -0.39 is 0 Å². The van der Waals surface area contributed by atoms with Crippen LogP contribution in [0, 0.1) is 0 Å². The average molecular weight is 195 g/mol. The summed E-state index contributed by atoms with van der Waals surface area (Å²) in [5.41, 5.74) is 5.65. The maximum Gasteiger partial charge on any atom is 0.218 e. The highest BCUT2D eigenvalue weighted by atomic mass is 15.4. The number of nitrogens with zero attached hydrogens (tertiary/aromatic N) is 3. The smallest absolute Gasteiger partial charge is 0.218 e. The van der Waals surface area contributed by atoms with Crippen molar-refractivity contribution < 1.29 is 0 Å². The van der Waals surface area contributed by atoms with Gasteiger partial charge in [-0.05, 0) is 19.9 Å². The fourth-order valence-corrected chi connectivity index (χ4v) is 2.16. The highest BCUT2D eigenvalue weighted by Gasteiger charge is 2.37. The van der Waals surface area contributed by atoms with E-state index in [0.29, 0.717) is 5.95 Å². The van der Waals surface area contributed by atoms with Gasteiger partial charge in [0.15, 0.2) is 5.82 Å². The first-order valence-electron chi connectivity index (χ1n) is 5.04. The van der Waals surface area contributed by atoms with Gasteiger partial charge in [-0.3, -0.25) is 0 Å². The molecule has 0 saturated heterocycles. The second-order valence-corrected chi connectivity index (χ2v) is 3.96. The van der Waals surface area contributed by atoms with E-state index in [-0.39, 0.29) is 5.54 Å². The van der Waals surface area contributed by atoms with Crippen LogP contribution in [-0.2, 0) is 12.6 Å². The SMILES string of the molecule is CNC1(c2nc(N)n(C)n2)CCCC1. The van der Waals surface area contributed by atoms with Crippen molar-refractivity contribution in [3.63, 3.8) is 0 Å². The number of rotatable bonds is 2. The topological polar surface area (TPSA) is 68.8 Å². The van der Waals surface area contributed by atoms with Gasteiger partial charge in [0.1, 0.15) is 0 Å². The van der Waals surface area contributed by atoms with E-state index in [0.717, 1.165) is 18.7 Å². The Kier molecular flexibility index (Phi) is 2.19. The van der Waals surface area contributed by atoms with Crippen LogP contribution in [-0.4, -0.2) is 21.8 Å². The minimum Gasteiger partial charge on any atom is -0.368 e. The van der Waals surface area contributed by atoms with Crippen molar-refractivity contribution in [3.05, 3.63) is 5.82 Å². The first kappa shape index (κ1) is 9.45. The lowest BCUT2D eigenvalue weighted by molar-refractivity contribution is 0.348. The first-order valence-corrected chi connectivity index (χ1v) is 5.04. The van der Waals surface area contributed by atoms with E-state index in [4.69, 9.17) is 5.73 Å². The molecule has 0 aromatic carbocycles. The molecule has 0 bridgehead atoms. The van der Waals surface area contributed by atoms with E-state index >= 15 is 0 Å². The highest BCUT2D eigenvalue weighted by molar-refractivity contribution is 5.20. The number of hydrogen-bond donors (Lipinski definition) is 2. The number of aryl methyl sites for hydroxylation is 1. The molecule has 1 heterocycles. The predicted molar refractivity (Wildman–Crippen MR) is 54.6 cm³/mol. The third kappa shape index (κ3) is 1.28. The van der Waals surface area contributed by atoms with Gasteiger partial charge in [0.2, 0.25) is 5.95 Å². The van der Waals surface area contributed by atoms with E-state index in [1.165, 1.54) is 12.8 Å². The minimum absolute atomic E-state index is 0.0324. The van der Waals surface area contributed by atoms with Crippen LogP contribution in [0.5, 0.6) is 0 Å².